The van der Waals surface area contributed by atoms with Gasteiger partial charge in [0.05, 0.1) is 17.3 Å². The average molecular weight is 447 g/mol. The van der Waals surface area contributed by atoms with Gasteiger partial charge in [0.15, 0.2) is 11.7 Å². The van der Waals surface area contributed by atoms with Gasteiger partial charge in [-0.15, -0.1) is 0 Å². The Kier molecular flexibility index (Phi) is 6.33. The van der Waals surface area contributed by atoms with E-state index in [-0.39, 0.29) is 23.6 Å². The molecule has 4 rings (SSSR count). The van der Waals surface area contributed by atoms with E-state index in [0.29, 0.717) is 22.5 Å². The smallest absolute Gasteiger partial charge is 0.221 e. The average Bonchev–Trinajstić information content (AvgIpc) is 3.08. The lowest BCUT2D eigenvalue weighted by atomic mass is 9.95. The lowest BCUT2D eigenvalue weighted by molar-refractivity contribution is -0.114. The molecule has 172 valence electrons. The standard InChI is InChI=1S/C26H30N4O3/c1-15-13-20(27-17(3)32)6-7-21(15)25(28-19-9-11-30(4)12-10-19)24-22-14-18(16(2)31)5-8-23(22)29-26(24)33/h5-8,13-14,19,29,33H,9-12H2,1-4H3,(H,27,32). The Hall–Kier alpha value is -3.45. The topological polar surface area (TPSA) is 97.8 Å². The number of aromatic nitrogens is 1. The van der Waals surface area contributed by atoms with Crippen LogP contribution in [0.15, 0.2) is 41.4 Å². The van der Waals surface area contributed by atoms with Crippen molar-refractivity contribution in [1.29, 1.82) is 0 Å². The maximum atomic E-state index is 12.0. The second kappa shape index (κ2) is 9.19. The Morgan fingerprint density at radius 3 is 2.48 bits per heavy atom. The Morgan fingerprint density at radius 1 is 1.12 bits per heavy atom. The molecule has 0 atom stereocenters. The van der Waals surface area contributed by atoms with Gasteiger partial charge in [0, 0.05) is 34.6 Å². The minimum Gasteiger partial charge on any atom is -0.494 e. The van der Waals surface area contributed by atoms with Gasteiger partial charge >= 0.3 is 0 Å². The summed E-state index contributed by atoms with van der Waals surface area (Å²) in [7, 11) is 2.11. The van der Waals surface area contributed by atoms with Crippen molar-refractivity contribution in [3.05, 3.63) is 58.7 Å². The van der Waals surface area contributed by atoms with Crippen molar-refractivity contribution in [3.8, 4) is 5.88 Å². The van der Waals surface area contributed by atoms with E-state index < -0.39 is 0 Å². The molecule has 0 radical (unpaired) electrons. The van der Waals surface area contributed by atoms with Gasteiger partial charge in [0.1, 0.15) is 0 Å². The number of aromatic amines is 1. The molecule has 1 aliphatic heterocycles. The third-order valence-corrected chi connectivity index (χ3v) is 6.22. The fourth-order valence-electron chi connectivity index (χ4n) is 4.42. The van der Waals surface area contributed by atoms with E-state index in [4.69, 9.17) is 4.99 Å². The first-order valence-electron chi connectivity index (χ1n) is 11.2. The molecule has 0 aliphatic carbocycles. The predicted octanol–water partition coefficient (Wildman–Crippen LogP) is 4.27. The molecular weight excluding hydrogens is 416 g/mol. The zero-order valence-electron chi connectivity index (χ0n) is 19.5. The van der Waals surface area contributed by atoms with Gasteiger partial charge in [-0.05, 0) is 82.7 Å². The molecule has 2 heterocycles. The molecule has 1 aliphatic rings. The van der Waals surface area contributed by atoms with E-state index in [2.05, 4.69) is 22.2 Å². The van der Waals surface area contributed by atoms with Gasteiger partial charge in [-0.2, -0.15) is 0 Å². The highest BCUT2D eigenvalue weighted by atomic mass is 16.3. The molecule has 1 fully saturated rings. The minimum atomic E-state index is -0.131. The number of nitrogens with zero attached hydrogens (tertiary/aromatic N) is 2. The Balaban J connectivity index is 1.89. The number of benzene rings is 2. The molecule has 0 bridgehead atoms. The molecule has 1 aromatic heterocycles. The van der Waals surface area contributed by atoms with E-state index in [1.54, 1.807) is 6.07 Å². The molecule has 0 saturated carbocycles. The molecule has 0 spiro atoms. The first kappa shape index (κ1) is 22.7. The van der Waals surface area contributed by atoms with Gasteiger partial charge in [-0.1, -0.05) is 6.07 Å². The van der Waals surface area contributed by atoms with Crippen LogP contribution in [-0.4, -0.2) is 58.6 Å². The summed E-state index contributed by atoms with van der Waals surface area (Å²) >= 11 is 0. The highest BCUT2D eigenvalue weighted by Crippen LogP contribution is 2.33. The number of aliphatic imine (C=N–C) groups is 1. The number of fused-ring (bicyclic) bond motifs is 1. The van der Waals surface area contributed by atoms with Gasteiger partial charge in [-0.3, -0.25) is 14.6 Å². The number of carbonyl (C=O) groups excluding carboxylic acids is 2. The van der Waals surface area contributed by atoms with Crippen LogP contribution < -0.4 is 5.32 Å². The number of piperidine rings is 1. The van der Waals surface area contributed by atoms with Crippen LogP contribution in [0.2, 0.25) is 0 Å². The van der Waals surface area contributed by atoms with E-state index >= 15 is 0 Å². The van der Waals surface area contributed by atoms with E-state index in [1.165, 1.54) is 13.8 Å². The van der Waals surface area contributed by atoms with Gasteiger partial charge in [0.25, 0.3) is 0 Å². The van der Waals surface area contributed by atoms with Crippen molar-refractivity contribution >= 4 is 34.0 Å². The van der Waals surface area contributed by atoms with E-state index in [0.717, 1.165) is 48.0 Å². The molecule has 7 nitrogen and oxygen atoms in total. The largest absolute Gasteiger partial charge is 0.494 e. The number of rotatable bonds is 5. The second-order valence-corrected chi connectivity index (χ2v) is 8.89. The van der Waals surface area contributed by atoms with Gasteiger partial charge < -0.3 is 20.3 Å². The minimum absolute atomic E-state index is 0.0303. The normalized spacial score (nSPS) is 15.7. The summed E-state index contributed by atoms with van der Waals surface area (Å²) < 4.78 is 0. The lowest BCUT2D eigenvalue weighted by Crippen LogP contribution is -2.32. The molecule has 7 heteroatoms. The third-order valence-electron chi connectivity index (χ3n) is 6.22. The number of hydrogen-bond donors (Lipinski definition) is 3. The van der Waals surface area contributed by atoms with Gasteiger partial charge in [-0.25, -0.2) is 0 Å². The molecule has 0 unspecified atom stereocenters. The van der Waals surface area contributed by atoms with Crippen LogP contribution in [0.5, 0.6) is 5.88 Å². The van der Waals surface area contributed by atoms with E-state index in [1.807, 2.05) is 37.3 Å². The summed E-state index contributed by atoms with van der Waals surface area (Å²) in [5.74, 6) is -0.135. The number of ketones is 1. The SMILES string of the molecule is CC(=O)Nc1ccc(C(=NC2CCN(C)CC2)c2c(O)[nH]c3ccc(C(C)=O)cc23)c(C)c1. The maximum Gasteiger partial charge on any atom is 0.221 e. The highest BCUT2D eigenvalue weighted by Gasteiger charge is 2.24. The summed E-state index contributed by atoms with van der Waals surface area (Å²) in [5, 5.41) is 14.5. The molecule has 1 saturated heterocycles. The van der Waals surface area contributed by atoms with Crippen LogP contribution in [-0.2, 0) is 4.79 Å². The quantitative estimate of drug-likeness (QED) is 0.403. The molecule has 33 heavy (non-hydrogen) atoms. The maximum absolute atomic E-state index is 12.0. The fourth-order valence-corrected chi connectivity index (χ4v) is 4.42. The van der Waals surface area contributed by atoms with Crippen LogP contribution in [0.1, 0.15) is 53.7 Å². The predicted molar refractivity (Wildman–Crippen MR) is 132 cm³/mol. The van der Waals surface area contributed by atoms with Crippen LogP contribution in [0.25, 0.3) is 10.9 Å². The van der Waals surface area contributed by atoms with Crippen molar-refractivity contribution in [2.24, 2.45) is 4.99 Å². The Labute approximate surface area is 193 Å². The van der Waals surface area contributed by atoms with Crippen LogP contribution in [0, 0.1) is 6.92 Å². The lowest BCUT2D eigenvalue weighted by Gasteiger charge is -2.27. The fraction of sp³-hybridized carbons (Fsp3) is 0.346. The van der Waals surface area contributed by atoms with Crippen LogP contribution >= 0.6 is 0 Å². The van der Waals surface area contributed by atoms with Crippen molar-refractivity contribution in [3.63, 3.8) is 0 Å². The second-order valence-electron chi connectivity index (χ2n) is 8.89. The number of Topliss-reactive ketones (excluding diaryl/α,β-unsaturated/α-hetero) is 1. The number of carbonyl (C=O) groups is 2. The number of aromatic hydroxyl groups is 1. The third kappa shape index (κ3) is 4.83. The number of anilines is 1. The molecule has 3 N–H and O–H groups in total. The summed E-state index contributed by atoms with van der Waals surface area (Å²) in [6.45, 7) is 6.92. The van der Waals surface area contributed by atoms with Crippen LogP contribution in [0.4, 0.5) is 5.69 Å². The number of aryl methyl sites for hydroxylation is 1. The van der Waals surface area contributed by atoms with Crippen molar-refractivity contribution in [2.75, 3.05) is 25.5 Å². The Morgan fingerprint density at radius 2 is 1.85 bits per heavy atom. The molecular formula is C26H30N4O3. The molecule has 3 aromatic rings. The molecule has 1 amide bonds. The monoisotopic (exact) mass is 446 g/mol. The Bertz CT molecular complexity index is 1250. The summed E-state index contributed by atoms with van der Waals surface area (Å²) in [4.78, 5) is 34.0. The van der Waals surface area contributed by atoms with Crippen molar-refractivity contribution in [2.45, 2.75) is 39.7 Å². The van der Waals surface area contributed by atoms with Crippen molar-refractivity contribution in [1.82, 2.24) is 9.88 Å². The van der Waals surface area contributed by atoms with Crippen molar-refractivity contribution < 1.29 is 14.7 Å². The number of hydrogen-bond acceptors (Lipinski definition) is 5. The molecule has 2 aromatic carbocycles. The number of amides is 1. The first-order chi connectivity index (χ1) is 15.7. The summed E-state index contributed by atoms with van der Waals surface area (Å²) in [6.07, 6.45) is 1.87. The zero-order chi connectivity index (χ0) is 23.7. The number of likely N-dealkylation sites (tertiary alicyclic amines) is 1. The van der Waals surface area contributed by atoms with Gasteiger partial charge in [0.2, 0.25) is 5.91 Å². The summed E-state index contributed by atoms with van der Waals surface area (Å²) in [6, 6.07) is 11.2. The number of nitrogens with one attached hydrogen (secondary N) is 2. The summed E-state index contributed by atoms with van der Waals surface area (Å²) in [5.41, 5.74) is 5.15. The first-order valence-corrected chi connectivity index (χ1v) is 11.2. The number of H-pyrrole nitrogens is 1. The van der Waals surface area contributed by atoms with Crippen LogP contribution in [0.3, 0.4) is 0 Å². The zero-order valence-corrected chi connectivity index (χ0v) is 19.5. The van der Waals surface area contributed by atoms with E-state index in [9.17, 15) is 14.7 Å². The highest BCUT2D eigenvalue weighted by molar-refractivity contribution is 6.22.